The van der Waals surface area contributed by atoms with Crippen LogP contribution in [0.3, 0.4) is 0 Å². The van der Waals surface area contributed by atoms with Crippen molar-refractivity contribution in [2.24, 2.45) is 0 Å². The first-order chi connectivity index (χ1) is 11.0. The zero-order valence-corrected chi connectivity index (χ0v) is 14.7. The van der Waals surface area contributed by atoms with Crippen molar-refractivity contribution in [3.8, 4) is 0 Å². The first-order valence-electron chi connectivity index (χ1n) is 8.27. The third-order valence-electron chi connectivity index (χ3n) is 5.10. The quantitative estimate of drug-likeness (QED) is 0.831. The summed E-state index contributed by atoms with van der Waals surface area (Å²) in [6.07, 6.45) is 1.44. The zero-order valence-electron chi connectivity index (χ0n) is 13.9. The van der Waals surface area contributed by atoms with Crippen molar-refractivity contribution in [2.45, 2.75) is 36.9 Å². The molecule has 0 aliphatic carbocycles. The molecule has 2 aliphatic rings. The van der Waals surface area contributed by atoms with Crippen molar-refractivity contribution in [1.82, 2.24) is 4.90 Å². The number of nitrogens with zero attached hydrogens (tertiary/aromatic N) is 1. The fourth-order valence-electron chi connectivity index (χ4n) is 3.66. The summed E-state index contributed by atoms with van der Waals surface area (Å²) in [4.78, 5) is 15.4. The van der Waals surface area contributed by atoms with Crippen LogP contribution >= 0.6 is 0 Å². The molecule has 2 fully saturated rings. The molecule has 0 unspecified atom stereocenters. The summed E-state index contributed by atoms with van der Waals surface area (Å²) >= 11 is 0. The van der Waals surface area contributed by atoms with E-state index in [1.165, 1.54) is 0 Å². The Kier molecular flexibility index (Phi) is 4.61. The lowest BCUT2D eigenvalue weighted by molar-refractivity contribution is -0.141. The molecule has 23 heavy (non-hydrogen) atoms. The van der Waals surface area contributed by atoms with Gasteiger partial charge in [-0.05, 0) is 32.3 Å². The third kappa shape index (κ3) is 3.09. The van der Waals surface area contributed by atoms with E-state index in [1.807, 2.05) is 36.9 Å². The molecule has 0 spiro atoms. The second-order valence-corrected chi connectivity index (χ2v) is 9.30. The van der Waals surface area contributed by atoms with Crippen LogP contribution in [0.4, 0.5) is 0 Å². The molecule has 0 N–H and O–H groups in total. The Hall–Kier alpha value is -1.20. The van der Waals surface area contributed by atoms with E-state index < -0.39 is 16.2 Å². The Morgan fingerprint density at radius 3 is 2.43 bits per heavy atom. The van der Waals surface area contributed by atoms with Gasteiger partial charge in [0.1, 0.15) is 0 Å². The van der Waals surface area contributed by atoms with E-state index in [2.05, 4.69) is 12.1 Å². The molecule has 0 saturated carbocycles. The average molecular weight is 335 g/mol. The smallest absolute Gasteiger partial charge is 0.233 e. The lowest BCUT2D eigenvalue weighted by Gasteiger charge is -2.44. The van der Waals surface area contributed by atoms with Gasteiger partial charge in [0.25, 0.3) is 0 Å². The van der Waals surface area contributed by atoms with Crippen LogP contribution in [-0.2, 0) is 25.7 Å². The van der Waals surface area contributed by atoms with Crippen LogP contribution in [0.2, 0.25) is 0 Å². The van der Waals surface area contributed by atoms with Crippen LogP contribution < -0.4 is 0 Å². The minimum Gasteiger partial charge on any atom is -0.381 e. The Labute approximate surface area is 140 Å². The predicted octanol–water partition coefficient (Wildman–Crippen LogP) is 2.10. The normalized spacial score (nSPS) is 26.7. The molecule has 0 radical (unpaired) electrons. The van der Waals surface area contributed by atoms with Crippen molar-refractivity contribution >= 4 is 16.7 Å². The monoisotopic (exact) mass is 335 g/mol. The van der Waals surface area contributed by atoms with Crippen LogP contribution in [0, 0.1) is 0 Å². The van der Waals surface area contributed by atoms with Gasteiger partial charge in [0.15, 0.2) is 0 Å². The van der Waals surface area contributed by atoms with E-state index in [1.54, 1.807) is 0 Å². The topological polar surface area (TPSA) is 46.6 Å². The summed E-state index contributed by atoms with van der Waals surface area (Å²) in [5, 5.41) is 0. The number of ether oxygens (including phenoxy) is 1. The maximum Gasteiger partial charge on any atom is 0.233 e. The standard InChI is InChI=1S/C18H25NO3S/c1-17(2)14-19(10-13-23(17)21)16(20)18(8-11-22-12-9-18)15-6-4-3-5-7-15/h3-7H,8-14H2,1-2H3/t23-/m0/s1. The van der Waals surface area contributed by atoms with Crippen LogP contribution in [0.25, 0.3) is 0 Å². The number of rotatable bonds is 2. The summed E-state index contributed by atoms with van der Waals surface area (Å²) in [6.45, 7) is 6.36. The van der Waals surface area contributed by atoms with E-state index in [0.29, 0.717) is 32.1 Å². The van der Waals surface area contributed by atoms with Crippen molar-refractivity contribution < 1.29 is 13.7 Å². The number of amides is 1. The molecule has 4 nitrogen and oxygen atoms in total. The minimum absolute atomic E-state index is 0.178. The molecule has 1 atom stereocenters. The lowest BCUT2D eigenvalue weighted by atomic mass is 9.73. The Bertz CT molecular complexity index is 594. The molecule has 2 saturated heterocycles. The molecule has 2 heterocycles. The summed E-state index contributed by atoms with van der Waals surface area (Å²) in [5.74, 6) is 0.747. The van der Waals surface area contributed by atoms with Gasteiger partial charge in [0.05, 0.1) is 10.2 Å². The molecule has 126 valence electrons. The summed E-state index contributed by atoms with van der Waals surface area (Å²) in [6, 6.07) is 10.1. The van der Waals surface area contributed by atoms with E-state index in [0.717, 1.165) is 18.4 Å². The number of carbonyl (C=O) groups excluding carboxylic acids is 1. The molecule has 5 heteroatoms. The van der Waals surface area contributed by atoms with Gasteiger partial charge >= 0.3 is 0 Å². The highest BCUT2D eigenvalue weighted by Gasteiger charge is 2.46. The number of benzene rings is 1. The maximum absolute atomic E-state index is 13.4. The second-order valence-electron chi connectivity index (χ2n) is 7.10. The van der Waals surface area contributed by atoms with Crippen LogP contribution in [0.5, 0.6) is 0 Å². The van der Waals surface area contributed by atoms with Crippen molar-refractivity contribution in [1.29, 1.82) is 0 Å². The molecule has 1 amide bonds. The zero-order chi connectivity index (χ0) is 16.5. The lowest BCUT2D eigenvalue weighted by Crippen LogP contribution is -2.58. The molecule has 0 aromatic heterocycles. The Balaban J connectivity index is 1.91. The molecular formula is C18H25NO3S. The van der Waals surface area contributed by atoms with Gasteiger partial charge in [-0.1, -0.05) is 30.3 Å². The Morgan fingerprint density at radius 1 is 1.17 bits per heavy atom. The van der Waals surface area contributed by atoms with Gasteiger partial charge in [0.2, 0.25) is 5.91 Å². The fraction of sp³-hybridized carbons (Fsp3) is 0.611. The van der Waals surface area contributed by atoms with E-state index >= 15 is 0 Å². The fourth-order valence-corrected chi connectivity index (χ4v) is 4.90. The van der Waals surface area contributed by atoms with Crippen LogP contribution in [0.15, 0.2) is 30.3 Å². The van der Waals surface area contributed by atoms with E-state index in [9.17, 15) is 9.00 Å². The molecule has 1 aromatic rings. The molecule has 1 aromatic carbocycles. The van der Waals surface area contributed by atoms with Gasteiger partial charge in [-0.2, -0.15) is 0 Å². The van der Waals surface area contributed by atoms with Gasteiger partial charge in [-0.15, -0.1) is 0 Å². The predicted molar refractivity (Wildman–Crippen MR) is 91.8 cm³/mol. The highest BCUT2D eigenvalue weighted by atomic mass is 32.2. The highest BCUT2D eigenvalue weighted by Crippen LogP contribution is 2.38. The summed E-state index contributed by atoms with van der Waals surface area (Å²) < 4.78 is 17.3. The first kappa shape index (κ1) is 16.7. The first-order valence-corrected chi connectivity index (χ1v) is 9.59. The summed E-state index contributed by atoms with van der Waals surface area (Å²) in [5.41, 5.74) is 0.590. The Morgan fingerprint density at radius 2 is 1.83 bits per heavy atom. The van der Waals surface area contributed by atoms with Gasteiger partial charge < -0.3 is 9.64 Å². The molecule has 0 bridgehead atoms. The number of hydrogen-bond acceptors (Lipinski definition) is 3. The van der Waals surface area contributed by atoms with Gasteiger partial charge in [-0.25, -0.2) is 0 Å². The van der Waals surface area contributed by atoms with Crippen molar-refractivity contribution in [3.05, 3.63) is 35.9 Å². The van der Waals surface area contributed by atoms with E-state index in [4.69, 9.17) is 4.74 Å². The number of hydrogen-bond donors (Lipinski definition) is 0. The summed E-state index contributed by atoms with van der Waals surface area (Å²) in [7, 11) is -0.869. The second kappa shape index (κ2) is 6.36. The van der Waals surface area contributed by atoms with Crippen molar-refractivity contribution in [3.63, 3.8) is 0 Å². The van der Waals surface area contributed by atoms with Gasteiger partial charge in [-0.3, -0.25) is 9.00 Å². The molecule has 3 rings (SSSR count). The van der Waals surface area contributed by atoms with Crippen molar-refractivity contribution in [2.75, 3.05) is 32.1 Å². The SMILES string of the molecule is CC1(C)CN(C(=O)C2(c3ccccc3)CCOCC2)CC[S@@]1=O. The van der Waals surface area contributed by atoms with Crippen LogP contribution in [0.1, 0.15) is 32.3 Å². The third-order valence-corrected chi connectivity index (χ3v) is 7.02. The molecule has 2 aliphatic heterocycles. The number of carbonyl (C=O) groups is 1. The van der Waals surface area contributed by atoms with Gasteiger partial charge in [0, 0.05) is 42.9 Å². The van der Waals surface area contributed by atoms with Crippen LogP contribution in [-0.4, -0.2) is 51.8 Å². The molecular weight excluding hydrogens is 310 g/mol. The largest absolute Gasteiger partial charge is 0.381 e. The average Bonchev–Trinajstić information content (AvgIpc) is 2.58. The highest BCUT2D eigenvalue weighted by molar-refractivity contribution is 7.86. The van der Waals surface area contributed by atoms with E-state index in [-0.39, 0.29) is 10.7 Å². The minimum atomic E-state index is -0.869. The maximum atomic E-state index is 13.4.